The first-order chi connectivity index (χ1) is 13.7. The van der Waals surface area contributed by atoms with Crippen LogP contribution in [0.25, 0.3) is 0 Å². The maximum absolute atomic E-state index is 12.8. The maximum atomic E-state index is 12.8. The molecule has 3 rings (SSSR count). The quantitative estimate of drug-likeness (QED) is 0.757. The van der Waals surface area contributed by atoms with Gasteiger partial charge >= 0.3 is 0 Å². The zero-order chi connectivity index (χ0) is 19.9. The first kappa shape index (κ1) is 20.0. The molecule has 1 atom stereocenters. The number of amides is 1. The fraction of sp³-hybridized carbons (Fsp3) is 0.409. The highest BCUT2D eigenvalue weighted by Gasteiger charge is 2.26. The summed E-state index contributed by atoms with van der Waals surface area (Å²) in [6, 6.07) is 13.3. The summed E-state index contributed by atoms with van der Waals surface area (Å²) in [5.74, 6) is 1.86. The van der Waals surface area contributed by atoms with Gasteiger partial charge in [-0.2, -0.15) is 0 Å². The number of hydrogen-bond donors (Lipinski definition) is 1. The molecule has 1 saturated heterocycles. The van der Waals surface area contributed by atoms with Gasteiger partial charge in [-0.05, 0) is 44.1 Å². The number of carbonyl (C=O) groups is 1. The molecule has 28 heavy (non-hydrogen) atoms. The normalized spacial score (nSPS) is 15.1. The van der Waals surface area contributed by atoms with Crippen molar-refractivity contribution in [3.05, 3.63) is 53.6 Å². The number of likely N-dealkylation sites (tertiary alicyclic amines) is 1. The number of para-hydroxylation sites is 1. The monoisotopic (exact) mass is 384 g/mol. The van der Waals surface area contributed by atoms with Gasteiger partial charge in [0, 0.05) is 23.7 Å². The number of ether oxygens (including phenoxy) is 3. The smallest absolute Gasteiger partial charge is 0.251 e. The van der Waals surface area contributed by atoms with Gasteiger partial charge in [0.05, 0.1) is 27.4 Å². The van der Waals surface area contributed by atoms with Crippen molar-refractivity contribution in [1.82, 2.24) is 10.2 Å². The standard InChI is InChI=1S/C22H28N2O4/c1-26-17-12-16(13-18(14-17)27-2)22(25)23-15-20(24-10-6-7-11-24)19-8-4-5-9-21(19)28-3/h4-5,8-9,12-14,20H,6-7,10-11,15H2,1-3H3,(H,23,25). The third kappa shape index (κ3) is 4.57. The molecule has 0 aromatic heterocycles. The van der Waals surface area contributed by atoms with Gasteiger partial charge in [0.2, 0.25) is 0 Å². The van der Waals surface area contributed by atoms with Gasteiger partial charge in [-0.1, -0.05) is 18.2 Å². The van der Waals surface area contributed by atoms with Crippen LogP contribution in [0.15, 0.2) is 42.5 Å². The van der Waals surface area contributed by atoms with E-state index < -0.39 is 0 Å². The number of carbonyl (C=O) groups excluding carboxylic acids is 1. The van der Waals surface area contributed by atoms with Crippen LogP contribution in [-0.2, 0) is 0 Å². The van der Waals surface area contributed by atoms with Gasteiger partial charge in [0.25, 0.3) is 5.91 Å². The lowest BCUT2D eigenvalue weighted by Crippen LogP contribution is -2.37. The second-order valence-electron chi connectivity index (χ2n) is 6.81. The molecule has 1 amide bonds. The molecular weight excluding hydrogens is 356 g/mol. The van der Waals surface area contributed by atoms with Crippen molar-refractivity contribution in [2.45, 2.75) is 18.9 Å². The summed E-state index contributed by atoms with van der Waals surface area (Å²) >= 11 is 0. The molecule has 0 aliphatic carbocycles. The second-order valence-corrected chi connectivity index (χ2v) is 6.81. The summed E-state index contributed by atoms with van der Waals surface area (Å²) in [5.41, 5.74) is 1.60. The maximum Gasteiger partial charge on any atom is 0.251 e. The lowest BCUT2D eigenvalue weighted by atomic mass is 10.0. The van der Waals surface area contributed by atoms with E-state index in [-0.39, 0.29) is 11.9 Å². The molecule has 150 valence electrons. The second kappa shape index (κ2) is 9.46. The Morgan fingerprint density at radius 1 is 1.00 bits per heavy atom. The highest BCUT2D eigenvalue weighted by molar-refractivity contribution is 5.95. The van der Waals surface area contributed by atoms with Crippen molar-refractivity contribution < 1.29 is 19.0 Å². The number of nitrogens with one attached hydrogen (secondary N) is 1. The SMILES string of the molecule is COc1cc(OC)cc(C(=O)NCC(c2ccccc2OC)N2CCCC2)c1. The minimum Gasteiger partial charge on any atom is -0.497 e. The van der Waals surface area contributed by atoms with Crippen LogP contribution < -0.4 is 19.5 Å². The summed E-state index contributed by atoms with van der Waals surface area (Å²) in [4.78, 5) is 15.2. The van der Waals surface area contributed by atoms with Crippen molar-refractivity contribution in [3.8, 4) is 17.2 Å². The topological polar surface area (TPSA) is 60.0 Å². The molecule has 1 aliphatic heterocycles. The Kier molecular flexibility index (Phi) is 6.76. The summed E-state index contributed by atoms with van der Waals surface area (Å²) in [5, 5.41) is 3.08. The predicted octanol–water partition coefficient (Wildman–Crippen LogP) is 3.28. The van der Waals surface area contributed by atoms with Gasteiger partial charge in [0.15, 0.2) is 0 Å². The highest BCUT2D eigenvalue weighted by Crippen LogP contribution is 2.31. The van der Waals surface area contributed by atoms with Gasteiger partial charge < -0.3 is 19.5 Å². The van der Waals surface area contributed by atoms with E-state index in [1.54, 1.807) is 39.5 Å². The Labute approximate surface area is 166 Å². The first-order valence-electron chi connectivity index (χ1n) is 9.54. The van der Waals surface area contributed by atoms with Crippen LogP contribution in [0.4, 0.5) is 0 Å². The molecule has 2 aromatic carbocycles. The number of rotatable bonds is 8. The molecule has 0 spiro atoms. The van der Waals surface area contributed by atoms with E-state index in [0.29, 0.717) is 23.6 Å². The van der Waals surface area contributed by atoms with E-state index in [2.05, 4.69) is 16.3 Å². The third-order valence-corrected chi connectivity index (χ3v) is 5.15. The first-order valence-corrected chi connectivity index (χ1v) is 9.54. The number of benzene rings is 2. The van der Waals surface area contributed by atoms with E-state index in [1.165, 1.54) is 12.8 Å². The van der Waals surface area contributed by atoms with Gasteiger partial charge in [-0.15, -0.1) is 0 Å². The molecular formula is C22H28N2O4. The van der Waals surface area contributed by atoms with Crippen molar-refractivity contribution in [2.24, 2.45) is 0 Å². The van der Waals surface area contributed by atoms with Crippen LogP contribution in [0.5, 0.6) is 17.2 Å². The molecule has 1 heterocycles. The molecule has 1 fully saturated rings. The minimum atomic E-state index is -0.156. The number of hydrogen-bond acceptors (Lipinski definition) is 5. The Hall–Kier alpha value is -2.73. The van der Waals surface area contributed by atoms with Gasteiger partial charge in [-0.25, -0.2) is 0 Å². The van der Waals surface area contributed by atoms with Crippen molar-refractivity contribution >= 4 is 5.91 Å². The van der Waals surface area contributed by atoms with E-state index in [1.807, 2.05) is 18.2 Å². The molecule has 6 nitrogen and oxygen atoms in total. The van der Waals surface area contributed by atoms with E-state index in [0.717, 1.165) is 24.4 Å². The molecule has 0 saturated carbocycles. The molecule has 1 aliphatic rings. The van der Waals surface area contributed by atoms with E-state index in [4.69, 9.17) is 14.2 Å². The summed E-state index contributed by atoms with van der Waals surface area (Å²) in [6.07, 6.45) is 2.35. The number of nitrogens with zero attached hydrogens (tertiary/aromatic N) is 1. The van der Waals surface area contributed by atoms with Crippen LogP contribution >= 0.6 is 0 Å². The van der Waals surface area contributed by atoms with Crippen LogP contribution in [0, 0.1) is 0 Å². The zero-order valence-electron chi connectivity index (χ0n) is 16.7. The van der Waals surface area contributed by atoms with Crippen molar-refractivity contribution in [1.29, 1.82) is 0 Å². The lowest BCUT2D eigenvalue weighted by molar-refractivity contribution is 0.0936. The Morgan fingerprint density at radius 3 is 2.25 bits per heavy atom. The van der Waals surface area contributed by atoms with Crippen molar-refractivity contribution in [3.63, 3.8) is 0 Å². The lowest BCUT2D eigenvalue weighted by Gasteiger charge is -2.29. The van der Waals surface area contributed by atoms with Crippen molar-refractivity contribution in [2.75, 3.05) is 41.0 Å². The van der Waals surface area contributed by atoms with Crippen LogP contribution in [0.1, 0.15) is 34.8 Å². The molecule has 0 bridgehead atoms. The minimum absolute atomic E-state index is 0.0649. The van der Waals surface area contributed by atoms with Gasteiger partial charge in [0.1, 0.15) is 17.2 Å². The summed E-state index contributed by atoms with van der Waals surface area (Å²) in [7, 11) is 4.82. The summed E-state index contributed by atoms with van der Waals surface area (Å²) in [6.45, 7) is 2.54. The largest absolute Gasteiger partial charge is 0.497 e. The molecule has 1 unspecified atom stereocenters. The highest BCUT2D eigenvalue weighted by atomic mass is 16.5. The summed E-state index contributed by atoms with van der Waals surface area (Å²) < 4.78 is 16.1. The number of methoxy groups -OCH3 is 3. The Balaban J connectivity index is 1.79. The average Bonchev–Trinajstić information content (AvgIpc) is 3.28. The Bertz CT molecular complexity index is 781. The molecule has 1 N–H and O–H groups in total. The van der Waals surface area contributed by atoms with Crippen LogP contribution in [0.3, 0.4) is 0 Å². The average molecular weight is 384 g/mol. The van der Waals surface area contributed by atoms with Crippen LogP contribution in [-0.4, -0.2) is 51.8 Å². The fourth-order valence-electron chi connectivity index (χ4n) is 3.66. The van der Waals surface area contributed by atoms with E-state index in [9.17, 15) is 4.79 Å². The van der Waals surface area contributed by atoms with Gasteiger partial charge in [-0.3, -0.25) is 9.69 Å². The van der Waals surface area contributed by atoms with Crippen LogP contribution in [0.2, 0.25) is 0 Å². The molecule has 2 aromatic rings. The van der Waals surface area contributed by atoms with E-state index >= 15 is 0 Å². The third-order valence-electron chi connectivity index (χ3n) is 5.15. The molecule has 0 radical (unpaired) electrons. The zero-order valence-corrected chi connectivity index (χ0v) is 16.7. The predicted molar refractivity (Wildman–Crippen MR) is 108 cm³/mol. The fourth-order valence-corrected chi connectivity index (χ4v) is 3.66. The Morgan fingerprint density at radius 2 is 1.64 bits per heavy atom. The molecule has 6 heteroatoms.